The zero-order valence-electron chi connectivity index (χ0n) is 9.47. The smallest absolute Gasteiger partial charge is 0.252 e. The Labute approximate surface area is 90.5 Å². The third-order valence-electron chi connectivity index (χ3n) is 2.77. The number of hydrogen-bond donors (Lipinski definition) is 2. The first-order valence-corrected chi connectivity index (χ1v) is 5.37. The molecule has 0 saturated carbocycles. The van der Waals surface area contributed by atoms with E-state index in [1.165, 1.54) is 0 Å². The summed E-state index contributed by atoms with van der Waals surface area (Å²) in [6.07, 6.45) is 1.58. The highest BCUT2D eigenvalue weighted by Gasteiger charge is 2.39. The number of rotatable bonds is 5. The van der Waals surface area contributed by atoms with E-state index in [9.17, 15) is 4.79 Å². The van der Waals surface area contributed by atoms with E-state index in [2.05, 4.69) is 10.8 Å². The number of hydrogen-bond acceptors (Lipinski definition) is 4. The van der Waals surface area contributed by atoms with Gasteiger partial charge in [-0.2, -0.15) is 0 Å². The van der Waals surface area contributed by atoms with Crippen molar-refractivity contribution in [1.29, 1.82) is 0 Å². The van der Waals surface area contributed by atoms with Crippen molar-refractivity contribution in [2.75, 3.05) is 33.4 Å². The summed E-state index contributed by atoms with van der Waals surface area (Å²) in [7, 11) is 1.62. The van der Waals surface area contributed by atoms with Gasteiger partial charge in [-0.25, -0.2) is 5.48 Å². The van der Waals surface area contributed by atoms with Gasteiger partial charge in [0.25, 0.3) is 5.91 Å². The predicted octanol–water partition coefficient (Wildman–Crippen LogP) is 0.0703. The van der Waals surface area contributed by atoms with Crippen LogP contribution in [0.25, 0.3) is 0 Å². The first-order chi connectivity index (χ1) is 7.25. The SMILES string of the molecule is CCONC(=O)C1(COC)CCNCC1. The molecule has 1 aliphatic rings. The monoisotopic (exact) mass is 216 g/mol. The molecule has 5 nitrogen and oxygen atoms in total. The molecule has 1 saturated heterocycles. The molecule has 0 aliphatic carbocycles. The molecule has 0 spiro atoms. The third-order valence-corrected chi connectivity index (χ3v) is 2.77. The second-order valence-corrected chi connectivity index (χ2v) is 3.83. The molecule has 15 heavy (non-hydrogen) atoms. The van der Waals surface area contributed by atoms with Crippen molar-refractivity contribution in [3.63, 3.8) is 0 Å². The van der Waals surface area contributed by atoms with Crippen LogP contribution in [0.3, 0.4) is 0 Å². The highest BCUT2D eigenvalue weighted by atomic mass is 16.6. The molecule has 5 heteroatoms. The number of nitrogens with one attached hydrogen (secondary N) is 2. The first kappa shape index (κ1) is 12.4. The molecule has 0 aromatic heterocycles. The Morgan fingerprint density at radius 2 is 2.13 bits per heavy atom. The highest BCUT2D eigenvalue weighted by molar-refractivity contribution is 5.82. The van der Waals surface area contributed by atoms with Gasteiger partial charge < -0.3 is 10.1 Å². The summed E-state index contributed by atoms with van der Waals surface area (Å²) in [5, 5.41) is 3.23. The fourth-order valence-electron chi connectivity index (χ4n) is 1.86. The van der Waals surface area contributed by atoms with Crippen molar-refractivity contribution in [2.45, 2.75) is 19.8 Å². The van der Waals surface area contributed by atoms with Crippen molar-refractivity contribution in [1.82, 2.24) is 10.8 Å². The Balaban J connectivity index is 2.57. The van der Waals surface area contributed by atoms with E-state index in [0.29, 0.717) is 13.2 Å². The van der Waals surface area contributed by atoms with Gasteiger partial charge in [0.2, 0.25) is 0 Å². The Hall–Kier alpha value is -0.650. The van der Waals surface area contributed by atoms with Gasteiger partial charge in [0.1, 0.15) is 0 Å². The number of ether oxygens (including phenoxy) is 1. The van der Waals surface area contributed by atoms with E-state index in [1.54, 1.807) is 7.11 Å². The predicted molar refractivity (Wildman–Crippen MR) is 56.2 cm³/mol. The Morgan fingerprint density at radius 3 is 2.67 bits per heavy atom. The number of carbonyl (C=O) groups is 1. The maximum absolute atomic E-state index is 11.9. The summed E-state index contributed by atoms with van der Waals surface area (Å²) in [5.41, 5.74) is 2.06. The minimum atomic E-state index is -0.421. The number of methoxy groups -OCH3 is 1. The van der Waals surface area contributed by atoms with Crippen LogP contribution < -0.4 is 10.8 Å². The molecule has 1 aliphatic heterocycles. The molecule has 1 heterocycles. The van der Waals surface area contributed by atoms with Crippen LogP contribution in [0.1, 0.15) is 19.8 Å². The van der Waals surface area contributed by atoms with Gasteiger partial charge in [-0.05, 0) is 32.9 Å². The Kier molecular flexibility index (Phi) is 5.01. The minimum Gasteiger partial charge on any atom is -0.384 e. The lowest BCUT2D eigenvalue weighted by Crippen LogP contribution is -2.50. The largest absolute Gasteiger partial charge is 0.384 e. The van der Waals surface area contributed by atoms with E-state index in [-0.39, 0.29) is 5.91 Å². The van der Waals surface area contributed by atoms with Crippen molar-refractivity contribution in [3.05, 3.63) is 0 Å². The van der Waals surface area contributed by atoms with Crippen LogP contribution in [0.5, 0.6) is 0 Å². The average molecular weight is 216 g/mol. The fraction of sp³-hybridized carbons (Fsp3) is 0.900. The number of amides is 1. The second kappa shape index (κ2) is 6.05. The minimum absolute atomic E-state index is 0.0623. The van der Waals surface area contributed by atoms with E-state index in [0.717, 1.165) is 25.9 Å². The molecule has 1 fully saturated rings. The van der Waals surface area contributed by atoms with Gasteiger partial charge in [0.15, 0.2) is 0 Å². The van der Waals surface area contributed by atoms with Crippen LogP contribution in [0.2, 0.25) is 0 Å². The number of piperidine rings is 1. The van der Waals surface area contributed by atoms with E-state index < -0.39 is 5.41 Å². The lowest BCUT2D eigenvalue weighted by Gasteiger charge is -2.35. The third kappa shape index (κ3) is 3.15. The van der Waals surface area contributed by atoms with Crippen LogP contribution in [0.4, 0.5) is 0 Å². The molecular formula is C10H20N2O3. The lowest BCUT2D eigenvalue weighted by molar-refractivity contribution is -0.149. The molecule has 0 unspecified atom stereocenters. The van der Waals surface area contributed by atoms with Gasteiger partial charge in [-0.1, -0.05) is 0 Å². The highest BCUT2D eigenvalue weighted by Crippen LogP contribution is 2.29. The van der Waals surface area contributed by atoms with Crippen molar-refractivity contribution in [2.24, 2.45) is 5.41 Å². The van der Waals surface area contributed by atoms with Crippen LogP contribution in [0, 0.1) is 5.41 Å². The molecule has 88 valence electrons. The summed E-state index contributed by atoms with van der Waals surface area (Å²) < 4.78 is 5.14. The molecule has 0 bridgehead atoms. The summed E-state index contributed by atoms with van der Waals surface area (Å²) in [6, 6.07) is 0. The van der Waals surface area contributed by atoms with Gasteiger partial charge in [-0.15, -0.1) is 0 Å². The lowest BCUT2D eigenvalue weighted by atomic mass is 9.79. The molecular weight excluding hydrogens is 196 g/mol. The average Bonchev–Trinajstić information content (AvgIpc) is 2.27. The molecule has 1 amide bonds. The zero-order valence-corrected chi connectivity index (χ0v) is 9.47. The second-order valence-electron chi connectivity index (χ2n) is 3.83. The fourth-order valence-corrected chi connectivity index (χ4v) is 1.86. The number of hydroxylamine groups is 1. The maximum Gasteiger partial charge on any atom is 0.252 e. The summed E-state index contributed by atoms with van der Waals surface area (Å²) >= 11 is 0. The quantitative estimate of drug-likeness (QED) is 0.639. The van der Waals surface area contributed by atoms with Crippen LogP contribution in [0.15, 0.2) is 0 Å². The van der Waals surface area contributed by atoms with Crippen molar-refractivity contribution >= 4 is 5.91 Å². The van der Waals surface area contributed by atoms with Gasteiger partial charge in [0, 0.05) is 7.11 Å². The molecule has 2 N–H and O–H groups in total. The molecule has 0 radical (unpaired) electrons. The molecule has 0 atom stereocenters. The van der Waals surface area contributed by atoms with Gasteiger partial charge in [0.05, 0.1) is 18.6 Å². The van der Waals surface area contributed by atoms with Crippen LogP contribution >= 0.6 is 0 Å². The van der Waals surface area contributed by atoms with E-state index >= 15 is 0 Å². The standard InChI is InChI=1S/C10H20N2O3/c1-3-15-12-9(13)10(8-14-2)4-6-11-7-5-10/h11H,3-8H2,1-2H3,(H,12,13). The normalized spacial score (nSPS) is 19.9. The summed E-state index contributed by atoms with van der Waals surface area (Å²) in [5.74, 6) is -0.0623. The Bertz CT molecular complexity index is 197. The topological polar surface area (TPSA) is 59.6 Å². The van der Waals surface area contributed by atoms with Crippen LogP contribution in [-0.2, 0) is 14.4 Å². The molecule has 0 aromatic rings. The van der Waals surface area contributed by atoms with Crippen molar-refractivity contribution in [3.8, 4) is 0 Å². The Morgan fingerprint density at radius 1 is 1.47 bits per heavy atom. The van der Waals surface area contributed by atoms with Crippen molar-refractivity contribution < 1.29 is 14.4 Å². The number of carbonyl (C=O) groups excluding carboxylic acids is 1. The summed E-state index contributed by atoms with van der Waals surface area (Å²) in [4.78, 5) is 16.9. The van der Waals surface area contributed by atoms with E-state index in [1.807, 2.05) is 6.92 Å². The van der Waals surface area contributed by atoms with E-state index in [4.69, 9.17) is 9.57 Å². The molecule has 1 rings (SSSR count). The zero-order chi connectivity index (χ0) is 11.1. The molecule has 0 aromatic carbocycles. The first-order valence-electron chi connectivity index (χ1n) is 5.37. The summed E-state index contributed by atoms with van der Waals surface area (Å²) in [6.45, 7) is 4.47. The van der Waals surface area contributed by atoms with Crippen LogP contribution in [-0.4, -0.2) is 39.3 Å². The maximum atomic E-state index is 11.9. The van der Waals surface area contributed by atoms with Gasteiger partial charge in [-0.3, -0.25) is 9.63 Å². The van der Waals surface area contributed by atoms with Gasteiger partial charge >= 0.3 is 0 Å².